The number of carbonyl (C=O) groups excluding carboxylic acids is 2. The molecule has 1 heterocycles. The number of aromatic nitrogens is 2. The molecule has 1 aromatic heterocycles. The fourth-order valence-corrected chi connectivity index (χ4v) is 4.45. The highest BCUT2D eigenvalue weighted by Gasteiger charge is 2.34. The van der Waals surface area contributed by atoms with Crippen LogP contribution in [0.4, 0.5) is 29.3 Å². The maximum atomic E-state index is 14.0. The summed E-state index contributed by atoms with van der Waals surface area (Å²) in [5.41, 5.74) is -0.841. The van der Waals surface area contributed by atoms with Gasteiger partial charge in [0.15, 0.2) is 5.75 Å². The third-order valence-corrected chi connectivity index (χ3v) is 6.62. The summed E-state index contributed by atoms with van der Waals surface area (Å²) < 4.78 is 54.5. The Morgan fingerprint density at radius 3 is 2.49 bits per heavy atom. The molecule has 1 N–H and O–H groups in total. The molecule has 0 aliphatic rings. The van der Waals surface area contributed by atoms with Gasteiger partial charge in [-0.1, -0.05) is 12.1 Å². The van der Waals surface area contributed by atoms with E-state index in [1.54, 1.807) is 34.9 Å². The van der Waals surface area contributed by atoms with Gasteiger partial charge in [0, 0.05) is 44.0 Å². The molecule has 11 nitrogen and oxygen atoms in total. The second kappa shape index (κ2) is 12.8. The van der Waals surface area contributed by atoms with Crippen molar-refractivity contribution < 1.29 is 37.2 Å². The van der Waals surface area contributed by atoms with Crippen LogP contribution < -0.4 is 10.1 Å². The molecule has 0 fully saturated rings. The molecule has 0 saturated carbocycles. The zero-order valence-corrected chi connectivity index (χ0v) is 25.3. The first-order chi connectivity index (χ1) is 21.0. The Balaban J connectivity index is 1.50. The van der Waals surface area contributed by atoms with E-state index in [2.05, 4.69) is 10.3 Å². The van der Waals surface area contributed by atoms with Gasteiger partial charge in [-0.3, -0.25) is 14.9 Å². The van der Waals surface area contributed by atoms with Gasteiger partial charge in [-0.05, 0) is 68.7 Å². The standard InChI is InChI=1S/C31H32F3N5O6/c1-30(2,3)45-29(41)37(4)12-7-13-44-27-15-20(10-11-25(27)39(42)43)28(40)36-21-9-6-8-19(14-21)22-16-24-26(38(5)18-35-24)17-23(22)31(32,33)34/h6,8-11,14-18H,7,12-13H2,1-5H3,(H,36,40). The molecule has 45 heavy (non-hydrogen) atoms. The molecule has 0 aliphatic heterocycles. The highest BCUT2D eigenvalue weighted by atomic mass is 19.4. The Labute approximate surface area is 256 Å². The van der Waals surface area contributed by atoms with Gasteiger partial charge in [-0.25, -0.2) is 9.78 Å². The number of imidazole rings is 1. The number of rotatable bonds is 9. The highest BCUT2D eigenvalue weighted by Crippen LogP contribution is 2.40. The minimum absolute atomic E-state index is 0.00322. The smallest absolute Gasteiger partial charge is 0.417 e. The van der Waals surface area contributed by atoms with Crippen molar-refractivity contribution >= 4 is 34.4 Å². The van der Waals surface area contributed by atoms with E-state index in [4.69, 9.17) is 9.47 Å². The lowest BCUT2D eigenvalue weighted by Gasteiger charge is -2.24. The van der Waals surface area contributed by atoms with Gasteiger partial charge in [0.05, 0.1) is 34.5 Å². The zero-order chi connectivity index (χ0) is 33.1. The van der Waals surface area contributed by atoms with Crippen molar-refractivity contribution in [3.05, 3.63) is 82.2 Å². The summed E-state index contributed by atoms with van der Waals surface area (Å²) >= 11 is 0. The van der Waals surface area contributed by atoms with Gasteiger partial charge in [-0.2, -0.15) is 13.2 Å². The van der Waals surface area contributed by atoms with Crippen LogP contribution in [0.5, 0.6) is 5.75 Å². The van der Waals surface area contributed by atoms with Crippen LogP contribution in [0, 0.1) is 10.1 Å². The molecule has 0 spiro atoms. The summed E-state index contributed by atoms with van der Waals surface area (Å²) in [7, 11) is 3.16. The highest BCUT2D eigenvalue weighted by molar-refractivity contribution is 6.05. The van der Waals surface area contributed by atoms with Gasteiger partial charge < -0.3 is 24.3 Å². The molecule has 14 heteroatoms. The van der Waals surface area contributed by atoms with Crippen LogP contribution in [-0.4, -0.2) is 57.2 Å². The lowest BCUT2D eigenvalue weighted by molar-refractivity contribution is -0.385. The topological polar surface area (TPSA) is 129 Å². The predicted octanol–water partition coefficient (Wildman–Crippen LogP) is 7.06. The van der Waals surface area contributed by atoms with Crippen LogP contribution >= 0.6 is 0 Å². The predicted molar refractivity (Wildman–Crippen MR) is 161 cm³/mol. The number of hydrogen-bond acceptors (Lipinski definition) is 7. The van der Waals surface area contributed by atoms with Gasteiger partial charge in [0.1, 0.15) is 5.60 Å². The third-order valence-electron chi connectivity index (χ3n) is 6.62. The molecular weight excluding hydrogens is 595 g/mol. The van der Waals surface area contributed by atoms with Crippen molar-refractivity contribution in [1.29, 1.82) is 0 Å². The molecule has 3 aromatic carbocycles. The Morgan fingerprint density at radius 2 is 1.82 bits per heavy atom. The number of aryl methyl sites for hydroxylation is 1. The molecule has 0 bridgehead atoms. The summed E-state index contributed by atoms with van der Waals surface area (Å²) in [5, 5.41) is 14.2. The van der Waals surface area contributed by atoms with Crippen LogP contribution in [-0.2, 0) is 18.0 Å². The van der Waals surface area contributed by atoms with Gasteiger partial charge in [0.25, 0.3) is 5.91 Å². The second-order valence-corrected chi connectivity index (χ2v) is 11.3. The Morgan fingerprint density at radius 1 is 1.09 bits per heavy atom. The fraction of sp³-hybridized carbons (Fsp3) is 0.323. The number of halogens is 3. The molecule has 238 valence electrons. The first kappa shape index (κ1) is 32.8. The minimum Gasteiger partial charge on any atom is -0.487 e. The monoisotopic (exact) mass is 627 g/mol. The Bertz CT molecular complexity index is 1750. The van der Waals surface area contributed by atoms with E-state index >= 15 is 0 Å². The van der Waals surface area contributed by atoms with E-state index < -0.39 is 34.3 Å². The van der Waals surface area contributed by atoms with Crippen LogP contribution in [0.2, 0.25) is 0 Å². The molecule has 0 unspecified atom stereocenters. The summed E-state index contributed by atoms with van der Waals surface area (Å²) in [6.07, 6.45) is -3.42. The number of nitrogens with zero attached hydrogens (tertiary/aromatic N) is 4. The van der Waals surface area contributed by atoms with E-state index in [9.17, 15) is 32.9 Å². The van der Waals surface area contributed by atoms with Crippen molar-refractivity contribution in [3.8, 4) is 16.9 Å². The molecule has 0 radical (unpaired) electrons. The normalized spacial score (nSPS) is 11.7. The average Bonchev–Trinajstić information content (AvgIpc) is 3.32. The van der Waals surface area contributed by atoms with E-state index in [0.29, 0.717) is 17.5 Å². The number of ether oxygens (including phenoxy) is 2. The molecular formula is C31H32F3N5O6. The largest absolute Gasteiger partial charge is 0.487 e. The SMILES string of the molecule is CN(CCCOc1cc(C(=O)Nc2cccc(-c3cc4ncn(C)c4cc3C(F)(F)F)c2)ccc1[N+](=O)[O-])C(=O)OC(C)(C)C. The molecule has 0 aliphatic carbocycles. The van der Waals surface area contributed by atoms with Gasteiger partial charge in [0.2, 0.25) is 0 Å². The van der Waals surface area contributed by atoms with Gasteiger partial charge >= 0.3 is 18.0 Å². The van der Waals surface area contributed by atoms with Crippen molar-refractivity contribution in [3.63, 3.8) is 0 Å². The summed E-state index contributed by atoms with van der Waals surface area (Å²) in [4.78, 5) is 41.7. The van der Waals surface area contributed by atoms with Crippen LogP contribution in [0.3, 0.4) is 0 Å². The van der Waals surface area contributed by atoms with Crippen LogP contribution in [0.25, 0.3) is 22.2 Å². The number of alkyl halides is 3. The van der Waals surface area contributed by atoms with E-state index in [-0.39, 0.29) is 47.0 Å². The number of nitrogens with one attached hydrogen (secondary N) is 1. The number of benzene rings is 3. The maximum Gasteiger partial charge on any atom is 0.417 e. The van der Waals surface area contributed by atoms with Gasteiger partial charge in [-0.15, -0.1) is 0 Å². The number of nitro groups is 1. The quantitative estimate of drug-likeness (QED) is 0.120. The number of nitro benzene ring substituents is 1. The molecule has 0 saturated heterocycles. The van der Waals surface area contributed by atoms with Crippen molar-refractivity contribution in [1.82, 2.24) is 14.5 Å². The molecule has 2 amide bonds. The maximum absolute atomic E-state index is 14.0. The van der Waals surface area contributed by atoms with E-state index in [1.807, 2.05) is 0 Å². The van der Waals surface area contributed by atoms with Crippen molar-refractivity contribution in [2.45, 2.75) is 39.0 Å². The van der Waals surface area contributed by atoms with Crippen molar-refractivity contribution in [2.75, 3.05) is 25.5 Å². The second-order valence-electron chi connectivity index (χ2n) is 11.3. The van der Waals surface area contributed by atoms with Crippen LogP contribution in [0.15, 0.2) is 60.9 Å². The van der Waals surface area contributed by atoms with E-state index in [0.717, 1.165) is 12.1 Å². The minimum atomic E-state index is -4.65. The first-order valence-electron chi connectivity index (χ1n) is 13.8. The number of fused-ring (bicyclic) bond motifs is 1. The Hall–Kier alpha value is -5.14. The molecule has 0 atom stereocenters. The number of hydrogen-bond donors (Lipinski definition) is 1. The Kier molecular flexibility index (Phi) is 9.35. The van der Waals surface area contributed by atoms with Crippen molar-refractivity contribution in [2.24, 2.45) is 7.05 Å². The molecule has 4 aromatic rings. The average molecular weight is 628 g/mol. The lowest BCUT2D eigenvalue weighted by atomic mass is 9.98. The van der Waals surface area contributed by atoms with E-state index in [1.165, 1.54) is 58.3 Å². The number of carbonyl (C=O) groups is 2. The first-order valence-corrected chi connectivity index (χ1v) is 13.8. The van der Waals surface area contributed by atoms with Crippen LogP contribution in [0.1, 0.15) is 43.1 Å². The lowest BCUT2D eigenvalue weighted by Crippen LogP contribution is -2.35. The fourth-order valence-electron chi connectivity index (χ4n) is 4.45. The summed E-state index contributed by atoms with van der Waals surface area (Å²) in [6, 6.07) is 11.9. The number of anilines is 1. The molecule has 4 rings (SSSR count). The summed E-state index contributed by atoms with van der Waals surface area (Å²) in [6.45, 7) is 5.49. The summed E-state index contributed by atoms with van der Waals surface area (Å²) in [5.74, 6) is -0.812. The third kappa shape index (κ3) is 8.08. The number of amides is 2. The zero-order valence-electron chi connectivity index (χ0n) is 25.3.